The maximum absolute atomic E-state index is 13.1. The maximum Gasteiger partial charge on any atom is 0.256 e. The number of sulfonamides is 1. The predicted molar refractivity (Wildman–Crippen MR) is 114 cm³/mol. The third-order valence-electron chi connectivity index (χ3n) is 5.61. The van der Waals surface area contributed by atoms with Gasteiger partial charge in [0.25, 0.3) is 5.91 Å². The van der Waals surface area contributed by atoms with E-state index in [1.807, 2.05) is 11.5 Å². The van der Waals surface area contributed by atoms with E-state index in [2.05, 4.69) is 5.32 Å². The first kappa shape index (κ1) is 21.5. The van der Waals surface area contributed by atoms with Crippen LogP contribution < -0.4 is 10.7 Å². The number of aryl methyl sites for hydroxylation is 1. The van der Waals surface area contributed by atoms with Gasteiger partial charge in [0.05, 0.1) is 10.4 Å². The van der Waals surface area contributed by atoms with Crippen molar-refractivity contribution in [2.24, 2.45) is 0 Å². The minimum absolute atomic E-state index is 0.0380. The Hall–Kier alpha value is -2.19. The molecule has 0 bridgehead atoms. The lowest BCUT2D eigenvalue weighted by atomic mass is 10.1. The van der Waals surface area contributed by atoms with Gasteiger partial charge in [0.2, 0.25) is 15.5 Å². The lowest BCUT2D eigenvalue weighted by molar-refractivity contribution is 0.0931. The van der Waals surface area contributed by atoms with Gasteiger partial charge in [-0.3, -0.25) is 9.59 Å². The molecule has 8 heteroatoms. The fourth-order valence-electron chi connectivity index (χ4n) is 3.86. The van der Waals surface area contributed by atoms with Crippen LogP contribution in [0.4, 0.5) is 0 Å². The van der Waals surface area contributed by atoms with Gasteiger partial charge >= 0.3 is 0 Å². The van der Waals surface area contributed by atoms with Crippen molar-refractivity contribution in [1.82, 2.24) is 14.2 Å². The van der Waals surface area contributed by atoms with Crippen molar-refractivity contribution in [2.75, 3.05) is 14.1 Å². The topological polar surface area (TPSA) is 88.5 Å². The van der Waals surface area contributed by atoms with Crippen molar-refractivity contribution >= 4 is 26.8 Å². The van der Waals surface area contributed by atoms with Crippen LogP contribution in [0.2, 0.25) is 0 Å². The molecule has 0 aliphatic heterocycles. The highest BCUT2D eigenvalue weighted by atomic mass is 32.2. The monoisotopic (exact) mass is 419 g/mol. The lowest BCUT2D eigenvalue weighted by Gasteiger charge is -2.18. The Kier molecular flexibility index (Phi) is 6.43. The quantitative estimate of drug-likeness (QED) is 0.755. The summed E-state index contributed by atoms with van der Waals surface area (Å²) < 4.78 is 27.9. The SMILES string of the molecule is CCn1cc(C(=O)NC2CCCCCC2)c(=O)c2cc(S(=O)(=O)N(C)C)ccc21. The molecule has 1 aliphatic rings. The predicted octanol–water partition coefficient (Wildman–Crippen LogP) is 2.72. The molecule has 1 fully saturated rings. The number of hydrogen-bond acceptors (Lipinski definition) is 4. The zero-order chi connectivity index (χ0) is 21.2. The zero-order valence-electron chi connectivity index (χ0n) is 17.3. The Balaban J connectivity index is 2.07. The molecule has 0 atom stereocenters. The van der Waals surface area contributed by atoms with Crippen LogP contribution in [0, 0.1) is 0 Å². The highest BCUT2D eigenvalue weighted by molar-refractivity contribution is 7.89. The Morgan fingerprint density at radius 3 is 2.41 bits per heavy atom. The molecule has 7 nitrogen and oxygen atoms in total. The van der Waals surface area contributed by atoms with E-state index in [-0.39, 0.29) is 27.8 Å². The van der Waals surface area contributed by atoms with E-state index in [0.29, 0.717) is 12.1 Å². The molecule has 0 saturated heterocycles. The summed E-state index contributed by atoms with van der Waals surface area (Å²) in [6.07, 6.45) is 7.93. The normalized spacial score (nSPS) is 16.1. The van der Waals surface area contributed by atoms with E-state index < -0.39 is 15.5 Å². The van der Waals surface area contributed by atoms with Crippen LogP contribution in [-0.2, 0) is 16.6 Å². The van der Waals surface area contributed by atoms with Gasteiger partial charge in [-0.2, -0.15) is 0 Å². The van der Waals surface area contributed by atoms with E-state index in [0.717, 1.165) is 30.0 Å². The van der Waals surface area contributed by atoms with Crippen molar-refractivity contribution in [3.05, 3.63) is 40.2 Å². The van der Waals surface area contributed by atoms with Crippen LogP contribution in [-0.4, -0.2) is 43.3 Å². The number of fused-ring (bicyclic) bond motifs is 1. The summed E-state index contributed by atoms with van der Waals surface area (Å²) in [6, 6.07) is 4.58. The van der Waals surface area contributed by atoms with Gasteiger partial charge < -0.3 is 9.88 Å². The molecule has 0 unspecified atom stereocenters. The molecule has 0 spiro atoms. The Labute approximate surface area is 171 Å². The average molecular weight is 420 g/mol. The van der Waals surface area contributed by atoms with Gasteiger partial charge in [-0.05, 0) is 38.0 Å². The summed E-state index contributed by atoms with van der Waals surface area (Å²) in [5.41, 5.74) is 0.232. The number of benzene rings is 1. The first-order valence-electron chi connectivity index (χ1n) is 10.2. The molecule has 0 radical (unpaired) electrons. The molecular formula is C21H29N3O4S. The third-order valence-corrected chi connectivity index (χ3v) is 7.42. The van der Waals surface area contributed by atoms with Gasteiger partial charge in [0, 0.05) is 38.3 Å². The Morgan fingerprint density at radius 2 is 1.83 bits per heavy atom. The van der Waals surface area contributed by atoms with Gasteiger partial charge in [-0.15, -0.1) is 0 Å². The molecule has 29 heavy (non-hydrogen) atoms. The minimum Gasteiger partial charge on any atom is -0.349 e. The van der Waals surface area contributed by atoms with E-state index in [9.17, 15) is 18.0 Å². The number of pyridine rings is 1. The molecule has 1 N–H and O–H groups in total. The van der Waals surface area contributed by atoms with Crippen LogP contribution in [0.15, 0.2) is 34.1 Å². The molecule has 1 amide bonds. The second-order valence-electron chi connectivity index (χ2n) is 7.79. The second-order valence-corrected chi connectivity index (χ2v) is 9.94. The molecule has 1 aliphatic carbocycles. The number of carbonyl (C=O) groups excluding carboxylic acids is 1. The molecule has 158 valence electrons. The van der Waals surface area contributed by atoms with E-state index in [1.54, 1.807) is 12.3 Å². The van der Waals surface area contributed by atoms with Crippen LogP contribution in [0.3, 0.4) is 0 Å². The summed E-state index contributed by atoms with van der Waals surface area (Å²) in [7, 11) is -0.790. The van der Waals surface area contributed by atoms with Gasteiger partial charge in [0.1, 0.15) is 5.56 Å². The Morgan fingerprint density at radius 1 is 1.17 bits per heavy atom. The molecular weight excluding hydrogens is 390 g/mol. The van der Waals surface area contributed by atoms with Crippen LogP contribution in [0.25, 0.3) is 10.9 Å². The van der Waals surface area contributed by atoms with Crippen molar-refractivity contribution in [3.8, 4) is 0 Å². The first-order valence-corrected chi connectivity index (χ1v) is 11.6. The highest BCUT2D eigenvalue weighted by Crippen LogP contribution is 2.21. The van der Waals surface area contributed by atoms with Crippen molar-refractivity contribution in [3.63, 3.8) is 0 Å². The number of nitrogens with zero attached hydrogens (tertiary/aromatic N) is 2. The van der Waals surface area contributed by atoms with Crippen molar-refractivity contribution < 1.29 is 13.2 Å². The number of rotatable bonds is 5. The third kappa shape index (κ3) is 4.38. The van der Waals surface area contributed by atoms with Gasteiger partial charge in [-0.1, -0.05) is 25.7 Å². The van der Waals surface area contributed by atoms with Crippen LogP contribution in [0.5, 0.6) is 0 Å². The number of hydrogen-bond donors (Lipinski definition) is 1. The highest BCUT2D eigenvalue weighted by Gasteiger charge is 2.22. The molecule has 1 aromatic carbocycles. The zero-order valence-corrected chi connectivity index (χ0v) is 18.1. The average Bonchev–Trinajstić information content (AvgIpc) is 2.96. The molecule has 1 heterocycles. The molecule has 2 aromatic rings. The molecule has 1 aromatic heterocycles. The smallest absolute Gasteiger partial charge is 0.256 e. The standard InChI is InChI=1S/C21H29N3O4S/c1-4-24-14-18(21(26)22-15-9-7-5-6-8-10-15)20(25)17-13-16(11-12-19(17)24)29(27,28)23(2)3/h11-15H,4-10H2,1-3H3,(H,22,26). The summed E-state index contributed by atoms with van der Waals surface area (Å²) in [5, 5.41) is 3.26. The number of nitrogens with one attached hydrogen (secondary N) is 1. The maximum atomic E-state index is 13.1. The Bertz CT molecular complexity index is 1070. The largest absolute Gasteiger partial charge is 0.349 e. The molecule has 3 rings (SSSR count). The summed E-state index contributed by atoms with van der Waals surface area (Å²) in [6.45, 7) is 2.47. The fourth-order valence-corrected chi connectivity index (χ4v) is 4.79. The summed E-state index contributed by atoms with van der Waals surface area (Å²) >= 11 is 0. The van der Waals surface area contributed by atoms with E-state index in [4.69, 9.17) is 0 Å². The van der Waals surface area contributed by atoms with Crippen LogP contribution in [0.1, 0.15) is 55.8 Å². The fraction of sp³-hybridized carbons (Fsp3) is 0.524. The number of carbonyl (C=O) groups is 1. The first-order chi connectivity index (χ1) is 13.8. The lowest BCUT2D eigenvalue weighted by Crippen LogP contribution is -2.37. The van der Waals surface area contributed by atoms with E-state index >= 15 is 0 Å². The van der Waals surface area contributed by atoms with Crippen molar-refractivity contribution in [2.45, 2.75) is 62.9 Å². The van der Waals surface area contributed by atoms with Crippen molar-refractivity contribution in [1.29, 1.82) is 0 Å². The second kappa shape index (κ2) is 8.67. The molecule has 1 saturated carbocycles. The van der Waals surface area contributed by atoms with E-state index in [1.165, 1.54) is 39.1 Å². The van der Waals surface area contributed by atoms with Gasteiger partial charge in [-0.25, -0.2) is 12.7 Å². The minimum atomic E-state index is -3.68. The number of amides is 1. The summed E-state index contributed by atoms with van der Waals surface area (Å²) in [5.74, 6) is -0.383. The number of aromatic nitrogens is 1. The van der Waals surface area contributed by atoms with Gasteiger partial charge in [0.15, 0.2) is 0 Å². The summed E-state index contributed by atoms with van der Waals surface area (Å²) in [4.78, 5) is 26.0. The van der Waals surface area contributed by atoms with Crippen LogP contribution >= 0.6 is 0 Å².